The van der Waals surface area contributed by atoms with Gasteiger partial charge < -0.3 is 20.0 Å². The van der Waals surface area contributed by atoms with Crippen LogP contribution in [0, 0.1) is 6.92 Å². The Morgan fingerprint density at radius 2 is 2.25 bits per heavy atom. The molecule has 2 aromatic rings. The van der Waals surface area contributed by atoms with Crippen molar-refractivity contribution in [2.45, 2.75) is 13.3 Å². The highest BCUT2D eigenvalue weighted by atomic mass is 32.1. The van der Waals surface area contributed by atoms with Gasteiger partial charge in [0.25, 0.3) is 0 Å². The molecular weight excluding hydrogens is 276 g/mol. The molecule has 0 aliphatic rings. The fraction of sp³-hybridized carbons (Fsp3) is 0.286. The summed E-state index contributed by atoms with van der Waals surface area (Å²) in [6.45, 7) is 3.11. The standard InChI is InChI=1S/C14H16N2O3S/c1-10-4-2-3-5-12(10)19-7-6-15-14-16-11(9-20-14)8-13(17)18/h2-5,9H,6-8H2,1H3,(H,15,16)(H,17,18)/p-1. The van der Waals surface area contributed by atoms with E-state index in [0.717, 1.165) is 11.3 Å². The van der Waals surface area contributed by atoms with Crippen LogP contribution in [0.25, 0.3) is 0 Å². The third-order valence-electron chi connectivity index (χ3n) is 2.61. The zero-order valence-electron chi connectivity index (χ0n) is 11.1. The second-order valence-electron chi connectivity index (χ2n) is 4.23. The summed E-state index contributed by atoms with van der Waals surface area (Å²) in [5.41, 5.74) is 1.61. The van der Waals surface area contributed by atoms with Crippen LogP contribution < -0.4 is 15.2 Å². The molecule has 1 aromatic heterocycles. The molecule has 106 valence electrons. The largest absolute Gasteiger partial charge is 0.550 e. The van der Waals surface area contributed by atoms with Crippen molar-refractivity contribution in [3.63, 3.8) is 0 Å². The van der Waals surface area contributed by atoms with Gasteiger partial charge in [0.05, 0.1) is 12.2 Å². The minimum Gasteiger partial charge on any atom is -0.550 e. The zero-order chi connectivity index (χ0) is 14.4. The summed E-state index contributed by atoms with van der Waals surface area (Å²) in [5.74, 6) is -0.254. The van der Waals surface area contributed by atoms with E-state index in [1.807, 2.05) is 31.2 Å². The van der Waals surface area contributed by atoms with Gasteiger partial charge in [-0.1, -0.05) is 18.2 Å². The van der Waals surface area contributed by atoms with E-state index in [2.05, 4.69) is 10.3 Å². The van der Waals surface area contributed by atoms with Crippen molar-refractivity contribution in [3.8, 4) is 5.75 Å². The Kier molecular flexibility index (Phi) is 4.95. The molecule has 0 atom stereocenters. The predicted molar refractivity (Wildman–Crippen MR) is 76.0 cm³/mol. The van der Waals surface area contributed by atoms with Gasteiger partial charge in [0, 0.05) is 17.8 Å². The molecule has 5 nitrogen and oxygen atoms in total. The number of para-hydroxylation sites is 1. The number of aromatic nitrogens is 1. The van der Waals surface area contributed by atoms with E-state index < -0.39 is 5.97 Å². The van der Waals surface area contributed by atoms with Gasteiger partial charge in [-0.2, -0.15) is 0 Å². The molecule has 0 saturated heterocycles. The molecule has 1 N–H and O–H groups in total. The van der Waals surface area contributed by atoms with E-state index >= 15 is 0 Å². The molecule has 2 rings (SSSR count). The van der Waals surface area contributed by atoms with Gasteiger partial charge in [-0.05, 0) is 18.6 Å². The summed E-state index contributed by atoms with van der Waals surface area (Å²) in [6.07, 6.45) is -0.155. The molecule has 1 aromatic carbocycles. The van der Waals surface area contributed by atoms with E-state index in [1.54, 1.807) is 5.38 Å². The first-order valence-corrected chi connectivity index (χ1v) is 7.09. The van der Waals surface area contributed by atoms with Crippen LogP contribution in [0.15, 0.2) is 29.6 Å². The molecule has 0 radical (unpaired) electrons. The van der Waals surface area contributed by atoms with E-state index in [0.29, 0.717) is 24.0 Å². The summed E-state index contributed by atoms with van der Waals surface area (Å²) in [4.78, 5) is 14.6. The van der Waals surface area contributed by atoms with Crippen LogP contribution in [0.2, 0.25) is 0 Å². The van der Waals surface area contributed by atoms with Crippen molar-refractivity contribution < 1.29 is 14.6 Å². The maximum Gasteiger partial charge on any atom is 0.182 e. The molecule has 6 heteroatoms. The van der Waals surface area contributed by atoms with Crippen molar-refractivity contribution in [1.29, 1.82) is 0 Å². The number of hydrogen-bond donors (Lipinski definition) is 1. The topological polar surface area (TPSA) is 74.3 Å². The lowest BCUT2D eigenvalue weighted by molar-refractivity contribution is -0.304. The summed E-state index contributed by atoms with van der Waals surface area (Å²) in [7, 11) is 0. The molecule has 0 fully saturated rings. The number of carbonyl (C=O) groups is 1. The van der Waals surface area contributed by atoms with Gasteiger partial charge in [-0.15, -0.1) is 11.3 Å². The molecule has 0 aliphatic heterocycles. The zero-order valence-corrected chi connectivity index (χ0v) is 11.9. The smallest absolute Gasteiger partial charge is 0.182 e. The van der Waals surface area contributed by atoms with Crippen LogP contribution in [-0.4, -0.2) is 24.1 Å². The Bertz CT molecular complexity index is 583. The van der Waals surface area contributed by atoms with E-state index in [-0.39, 0.29) is 6.42 Å². The number of nitrogens with zero attached hydrogens (tertiary/aromatic N) is 1. The first kappa shape index (κ1) is 14.3. The van der Waals surface area contributed by atoms with Gasteiger partial charge in [0.15, 0.2) is 5.13 Å². The number of carboxylic acid groups (broad SMARTS) is 1. The summed E-state index contributed by atoms with van der Waals surface area (Å²) in [6, 6.07) is 7.82. The van der Waals surface area contributed by atoms with Crippen LogP contribution in [0.1, 0.15) is 11.3 Å². The summed E-state index contributed by atoms with van der Waals surface area (Å²) < 4.78 is 5.64. The number of benzene rings is 1. The van der Waals surface area contributed by atoms with Crippen LogP contribution >= 0.6 is 11.3 Å². The molecule has 0 saturated carbocycles. The Morgan fingerprint density at radius 3 is 3.00 bits per heavy atom. The average molecular weight is 291 g/mol. The predicted octanol–water partition coefficient (Wildman–Crippen LogP) is 1.23. The molecule has 20 heavy (non-hydrogen) atoms. The highest BCUT2D eigenvalue weighted by molar-refractivity contribution is 7.13. The first-order valence-electron chi connectivity index (χ1n) is 6.21. The monoisotopic (exact) mass is 291 g/mol. The molecule has 1 heterocycles. The molecular formula is C14H15N2O3S-. The number of anilines is 1. The third-order valence-corrected chi connectivity index (χ3v) is 3.46. The number of aryl methyl sites for hydroxylation is 1. The average Bonchev–Trinajstić information content (AvgIpc) is 2.83. The van der Waals surface area contributed by atoms with Crippen LogP contribution in [0.3, 0.4) is 0 Å². The Morgan fingerprint density at radius 1 is 1.45 bits per heavy atom. The Balaban J connectivity index is 1.75. The first-order chi connectivity index (χ1) is 9.65. The quantitative estimate of drug-likeness (QED) is 0.777. The Labute approximate surface area is 121 Å². The van der Waals surface area contributed by atoms with Crippen LogP contribution in [-0.2, 0) is 11.2 Å². The van der Waals surface area contributed by atoms with Crippen molar-refractivity contribution >= 4 is 22.4 Å². The second kappa shape index (κ2) is 6.91. The highest BCUT2D eigenvalue weighted by Crippen LogP contribution is 2.17. The molecule has 0 unspecified atom stereocenters. The second-order valence-corrected chi connectivity index (χ2v) is 5.09. The van der Waals surface area contributed by atoms with Gasteiger partial charge in [0.2, 0.25) is 0 Å². The number of ether oxygens (including phenoxy) is 1. The number of rotatable bonds is 7. The van der Waals surface area contributed by atoms with E-state index in [9.17, 15) is 9.90 Å². The van der Waals surface area contributed by atoms with E-state index in [4.69, 9.17) is 4.74 Å². The minimum atomic E-state index is -1.12. The maximum atomic E-state index is 10.4. The third kappa shape index (κ3) is 4.24. The number of aliphatic carboxylic acids is 1. The van der Waals surface area contributed by atoms with Crippen LogP contribution in [0.5, 0.6) is 5.75 Å². The number of hydrogen-bond acceptors (Lipinski definition) is 6. The van der Waals surface area contributed by atoms with Gasteiger partial charge in [-0.3, -0.25) is 0 Å². The van der Waals surface area contributed by atoms with Crippen molar-refractivity contribution in [3.05, 3.63) is 40.9 Å². The normalized spacial score (nSPS) is 10.2. The van der Waals surface area contributed by atoms with Crippen molar-refractivity contribution in [2.75, 3.05) is 18.5 Å². The number of thiazole rings is 1. The highest BCUT2D eigenvalue weighted by Gasteiger charge is 2.02. The molecule has 0 bridgehead atoms. The SMILES string of the molecule is Cc1ccccc1OCCNc1nc(CC(=O)[O-])cs1. The van der Waals surface area contributed by atoms with Crippen LogP contribution in [0.4, 0.5) is 5.13 Å². The Hall–Kier alpha value is -2.08. The summed E-state index contributed by atoms with van der Waals surface area (Å²) in [5, 5.41) is 15.9. The summed E-state index contributed by atoms with van der Waals surface area (Å²) >= 11 is 1.37. The maximum absolute atomic E-state index is 10.4. The van der Waals surface area contributed by atoms with Gasteiger partial charge >= 0.3 is 0 Å². The fourth-order valence-electron chi connectivity index (χ4n) is 1.65. The number of carbonyl (C=O) groups excluding carboxylic acids is 1. The lowest BCUT2D eigenvalue weighted by Gasteiger charge is -2.08. The van der Waals surface area contributed by atoms with Crippen molar-refractivity contribution in [1.82, 2.24) is 4.98 Å². The van der Waals surface area contributed by atoms with Gasteiger partial charge in [-0.25, -0.2) is 4.98 Å². The van der Waals surface area contributed by atoms with E-state index in [1.165, 1.54) is 11.3 Å². The lowest BCUT2D eigenvalue weighted by atomic mass is 10.2. The number of nitrogens with one attached hydrogen (secondary N) is 1. The van der Waals surface area contributed by atoms with Gasteiger partial charge in [0.1, 0.15) is 12.4 Å². The lowest BCUT2D eigenvalue weighted by Crippen LogP contribution is -2.24. The minimum absolute atomic E-state index is 0.155. The fourth-order valence-corrected chi connectivity index (χ4v) is 2.39. The number of carboxylic acids is 1. The van der Waals surface area contributed by atoms with Crippen molar-refractivity contribution in [2.24, 2.45) is 0 Å². The molecule has 0 spiro atoms. The molecule has 0 amide bonds. The molecule has 0 aliphatic carbocycles.